The predicted molar refractivity (Wildman–Crippen MR) is 77.3 cm³/mol. The number of primary amides is 1. The van der Waals surface area contributed by atoms with Crippen molar-refractivity contribution >= 4 is 5.91 Å². The molecule has 2 N–H and O–H groups in total. The van der Waals surface area contributed by atoms with E-state index in [1.54, 1.807) is 30.3 Å². The Balaban J connectivity index is 2.03. The van der Waals surface area contributed by atoms with Crippen molar-refractivity contribution in [1.29, 1.82) is 0 Å². The van der Waals surface area contributed by atoms with E-state index >= 15 is 0 Å². The summed E-state index contributed by atoms with van der Waals surface area (Å²) in [5.41, 5.74) is 6.08. The Labute approximate surface area is 130 Å². The average Bonchev–Trinajstić information content (AvgIpc) is 2.51. The van der Waals surface area contributed by atoms with E-state index in [-0.39, 0.29) is 17.9 Å². The minimum Gasteiger partial charge on any atom is -0.488 e. The zero-order valence-electron chi connectivity index (χ0n) is 12.0. The van der Waals surface area contributed by atoms with Crippen LogP contribution in [0.4, 0.5) is 13.2 Å². The monoisotopic (exact) mass is 325 g/mol. The Morgan fingerprint density at radius 1 is 1.04 bits per heavy atom. The largest absolute Gasteiger partial charge is 0.488 e. The second kappa shape index (κ2) is 7.04. The van der Waals surface area contributed by atoms with Crippen LogP contribution in [0.25, 0.3) is 0 Å². The Bertz CT molecular complexity index is 686. The van der Waals surface area contributed by atoms with Gasteiger partial charge in [0.1, 0.15) is 18.1 Å². The van der Waals surface area contributed by atoms with Gasteiger partial charge in [-0.15, -0.1) is 0 Å². The Morgan fingerprint density at radius 2 is 1.78 bits per heavy atom. The highest BCUT2D eigenvalue weighted by Crippen LogP contribution is 2.22. The first-order valence-electron chi connectivity index (χ1n) is 6.65. The van der Waals surface area contributed by atoms with Crippen molar-refractivity contribution in [3.8, 4) is 11.5 Å². The van der Waals surface area contributed by atoms with Crippen molar-refractivity contribution in [2.75, 3.05) is 6.61 Å². The van der Waals surface area contributed by atoms with Crippen molar-refractivity contribution in [2.24, 2.45) is 5.73 Å². The van der Waals surface area contributed by atoms with Crippen LogP contribution in [0.5, 0.6) is 11.5 Å². The summed E-state index contributed by atoms with van der Waals surface area (Å²) in [5.74, 6) is -0.226. The summed E-state index contributed by atoms with van der Waals surface area (Å²) in [5, 5.41) is 0. The number of para-hydroxylation sites is 1. The van der Waals surface area contributed by atoms with Crippen LogP contribution in [0.3, 0.4) is 0 Å². The maximum Gasteiger partial charge on any atom is 0.422 e. The summed E-state index contributed by atoms with van der Waals surface area (Å²) >= 11 is 0. The first-order valence-corrected chi connectivity index (χ1v) is 6.65. The third kappa shape index (κ3) is 5.21. The molecule has 4 nitrogen and oxygen atoms in total. The van der Waals surface area contributed by atoms with E-state index < -0.39 is 18.7 Å². The molecule has 122 valence electrons. The Kier molecular flexibility index (Phi) is 5.10. The fourth-order valence-electron chi connectivity index (χ4n) is 1.85. The number of halogens is 3. The number of carbonyl (C=O) groups excluding carboxylic acids is 1. The molecule has 0 atom stereocenters. The average molecular weight is 325 g/mol. The number of carbonyl (C=O) groups is 1. The number of hydrogen-bond acceptors (Lipinski definition) is 3. The molecule has 0 radical (unpaired) electrons. The molecule has 0 fully saturated rings. The summed E-state index contributed by atoms with van der Waals surface area (Å²) in [6.07, 6.45) is -4.40. The van der Waals surface area contributed by atoms with E-state index in [0.29, 0.717) is 11.3 Å². The molecular formula is C16H14F3NO3. The molecule has 0 saturated heterocycles. The van der Waals surface area contributed by atoms with Gasteiger partial charge in [-0.25, -0.2) is 0 Å². The van der Waals surface area contributed by atoms with Crippen molar-refractivity contribution in [2.45, 2.75) is 12.8 Å². The molecule has 1 amide bonds. The molecule has 0 spiro atoms. The minimum atomic E-state index is -4.40. The molecular weight excluding hydrogens is 311 g/mol. The minimum absolute atomic E-state index is 0.0630. The van der Waals surface area contributed by atoms with Gasteiger partial charge < -0.3 is 15.2 Å². The van der Waals surface area contributed by atoms with Crippen molar-refractivity contribution < 1.29 is 27.4 Å². The van der Waals surface area contributed by atoms with E-state index in [1.165, 1.54) is 18.2 Å². The van der Waals surface area contributed by atoms with Crippen molar-refractivity contribution in [3.05, 3.63) is 59.7 Å². The molecule has 7 heteroatoms. The molecule has 0 unspecified atom stereocenters. The Morgan fingerprint density at radius 3 is 2.48 bits per heavy atom. The summed E-state index contributed by atoms with van der Waals surface area (Å²) in [6, 6.07) is 12.6. The van der Waals surface area contributed by atoms with Crippen molar-refractivity contribution in [3.63, 3.8) is 0 Å². The molecule has 2 aromatic carbocycles. The summed E-state index contributed by atoms with van der Waals surface area (Å²) < 4.78 is 46.6. The number of amides is 1. The van der Waals surface area contributed by atoms with Gasteiger partial charge in [0.05, 0.1) is 5.56 Å². The van der Waals surface area contributed by atoms with Crippen LogP contribution >= 0.6 is 0 Å². The third-order valence-corrected chi connectivity index (χ3v) is 2.85. The van der Waals surface area contributed by atoms with Gasteiger partial charge in [0.15, 0.2) is 6.61 Å². The second-order valence-corrected chi connectivity index (χ2v) is 4.70. The van der Waals surface area contributed by atoms with Crippen LogP contribution in [-0.4, -0.2) is 18.7 Å². The van der Waals surface area contributed by atoms with Gasteiger partial charge in [-0.3, -0.25) is 4.79 Å². The smallest absolute Gasteiger partial charge is 0.422 e. The molecule has 0 aliphatic heterocycles. The predicted octanol–water partition coefficient (Wildman–Crippen LogP) is 3.31. The second-order valence-electron chi connectivity index (χ2n) is 4.70. The fraction of sp³-hybridized carbons (Fsp3) is 0.188. The maximum absolute atomic E-state index is 12.1. The first kappa shape index (κ1) is 16.7. The first-order chi connectivity index (χ1) is 10.8. The van der Waals surface area contributed by atoms with Crippen LogP contribution in [-0.2, 0) is 6.61 Å². The third-order valence-electron chi connectivity index (χ3n) is 2.85. The van der Waals surface area contributed by atoms with E-state index in [4.69, 9.17) is 10.5 Å². The van der Waals surface area contributed by atoms with Crippen LogP contribution in [0.2, 0.25) is 0 Å². The van der Waals surface area contributed by atoms with Gasteiger partial charge in [-0.1, -0.05) is 24.3 Å². The topological polar surface area (TPSA) is 61.6 Å². The molecule has 0 aliphatic carbocycles. The number of alkyl halides is 3. The molecule has 0 heterocycles. The van der Waals surface area contributed by atoms with Gasteiger partial charge in [-0.2, -0.15) is 13.2 Å². The number of hydrogen-bond donors (Lipinski definition) is 1. The van der Waals surface area contributed by atoms with E-state index in [0.717, 1.165) is 0 Å². The molecule has 2 rings (SSSR count). The zero-order chi connectivity index (χ0) is 16.9. The molecule has 0 aliphatic rings. The van der Waals surface area contributed by atoms with E-state index in [2.05, 4.69) is 4.74 Å². The van der Waals surface area contributed by atoms with E-state index in [9.17, 15) is 18.0 Å². The number of nitrogens with two attached hydrogens (primary N) is 1. The summed E-state index contributed by atoms with van der Waals surface area (Å²) in [7, 11) is 0. The van der Waals surface area contributed by atoms with Gasteiger partial charge in [-0.05, 0) is 29.8 Å². The summed E-state index contributed by atoms with van der Waals surface area (Å²) in [4.78, 5) is 11.3. The number of benzene rings is 2. The molecule has 0 bridgehead atoms. The SMILES string of the molecule is NC(=O)c1ccccc1OCc1cccc(OCC(F)(F)F)c1. The molecule has 23 heavy (non-hydrogen) atoms. The highest BCUT2D eigenvalue weighted by atomic mass is 19.4. The van der Waals surface area contributed by atoms with Gasteiger partial charge in [0.2, 0.25) is 0 Å². The lowest BCUT2D eigenvalue weighted by atomic mass is 10.2. The molecule has 0 saturated carbocycles. The summed E-state index contributed by atoms with van der Waals surface area (Å²) in [6.45, 7) is -1.30. The van der Waals surface area contributed by atoms with Crippen LogP contribution < -0.4 is 15.2 Å². The highest BCUT2D eigenvalue weighted by molar-refractivity contribution is 5.95. The van der Waals surface area contributed by atoms with Crippen LogP contribution in [0.1, 0.15) is 15.9 Å². The normalized spacial score (nSPS) is 11.1. The number of ether oxygens (including phenoxy) is 2. The van der Waals surface area contributed by atoms with Crippen molar-refractivity contribution in [1.82, 2.24) is 0 Å². The zero-order valence-corrected chi connectivity index (χ0v) is 12.0. The van der Waals surface area contributed by atoms with Crippen LogP contribution in [0, 0.1) is 0 Å². The van der Waals surface area contributed by atoms with Crippen LogP contribution in [0.15, 0.2) is 48.5 Å². The lowest BCUT2D eigenvalue weighted by molar-refractivity contribution is -0.153. The maximum atomic E-state index is 12.1. The fourth-order valence-corrected chi connectivity index (χ4v) is 1.85. The molecule has 2 aromatic rings. The quantitative estimate of drug-likeness (QED) is 0.886. The molecule has 0 aromatic heterocycles. The van der Waals surface area contributed by atoms with Gasteiger partial charge in [0.25, 0.3) is 5.91 Å². The van der Waals surface area contributed by atoms with Gasteiger partial charge in [0, 0.05) is 0 Å². The standard InChI is InChI=1S/C16H14F3NO3/c17-16(18,19)10-23-12-5-3-4-11(8-12)9-22-14-7-2-1-6-13(14)15(20)21/h1-8H,9-10H2,(H2,20,21). The highest BCUT2D eigenvalue weighted by Gasteiger charge is 2.28. The van der Waals surface area contributed by atoms with E-state index in [1.807, 2.05) is 0 Å². The lowest BCUT2D eigenvalue weighted by Crippen LogP contribution is -2.19. The Hall–Kier alpha value is -2.70. The van der Waals surface area contributed by atoms with Gasteiger partial charge >= 0.3 is 6.18 Å². The number of rotatable bonds is 6. The lowest BCUT2D eigenvalue weighted by Gasteiger charge is -2.12.